The first-order valence-electron chi connectivity index (χ1n) is 10.2. The van der Waals surface area contributed by atoms with Crippen LogP contribution in [0.15, 0.2) is 0 Å². The van der Waals surface area contributed by atoms with Crippen LogP contribution >= 0.6 is 0 Å². The van der Waals surface area contributed by atoms with Crippen molar-refractivity contribution in [1.82, 2.24) is 0 Å². The van der Waals surface area contributed by atoms with Crippen molar-refractivity contribution >= 4 is 17.9 Å². The molecule has 0 saturated heterocycles. The van der Waals surface area contributed by atoms with Gasteiger partial charge in [0.2, 0.25) is 0 Å². The largest absolute Gasteiger partial charge is 0.481 e. The van der Waals surface area contributed by atoms with Crippen molar-refractivity contribution in [3.63, 3.8) is 0 Å². The molecular formula is C21H32O6. The molecule has 0 aromatic heterocycles. The molecular weight excluding hydrogens is 348 g/mol. The number of carboxylic acid groups (broad SMARTS) is 2. The highest BCUT2D eigenvalue weighted by atomic mass is 16.5. The fourth-order valence-corrected chi connectivity index (χ4v) is 7.03. The molecule has 0 spiro atoms. The number of hydrogen-bond acceptors (Lipinski definition) is 4. The van der Waals surface area contributed by atoms with E-state index in [4.69, 9.17) is 4.74 Å². The SMILES string of the molecule is CC(=O)O[C@@H]1CC[C@@H]2[C@@H]3CC[C@H](CC(=O)O)[C@](C)(CC(=O)O)[C@@H]3CC[C@@]21C. The van der Waals surface area contributed by atoms with E-state index in [1.807, 2.05) is 6.92 Å². The van der Waals surface area contributed by atoms with Gasteiger partial charge in [0.05, 0.1) is 6.42 Å². The summed E-state index contributed by atoms with van der Waals surface area (Å²) in [5.74, 6) is -0.983. The summed E-state index contributed by atoms with van der Waals surface area (Å²) in [7, 11) is 0. The van der Waals surface area contributed by atoms with Gasteiger partial charge in [-0.1, -0.05) is 13.8 Å². The third-order valence-corrected chi connectivity index (χ3v) is 8.24. The fourth-order valence-electron chi connectivity index (χ4n) is 7.03. The zero-order valence-electron chi connectivity index (χ0n) is 16.6. The van der Waals surface area contributed by atoms with Gasteiger partial charge in [-0.25, -0.2) is 0 Å². The predicted octanol–water partition coefficient (Wildman–Crippen LogP) is 3.73. The summed E-state index contributed by atoms with van der Waals surface area (Å²) in [5, 5.41) is 18.9. The van der Waals surface area contributed by atoms with Crippen LogP contribution in [0.1, 0.15) is 72.1 Å². The molecule has 152 valence electrons. The third-order valence-electron chi connectivity index (χ3n) is 8.24. The first kappa shape index (κ1) is 20.2. The van der Waals surface area contributed by atoms with E-state index in [1.54, 1.807) is 0 Å². The molecule has 7 atom stereocenters. The van der Waals surface area contributed by atoms with Gasteiger partial charge in [0.15, 0.2) is 0 Å². The minimum atomic E-state index is -0.842. The number of carboxylic acids is 2. The summed E-state index contributed by atoms with van der Waals surface area (Å²) in [5.41, 5.74) is -0.537. The molecule has 0 heterocycles. The van der Waals surface area contributed by atoms with Crippen LogP contribution in [-0.2, 0) is 19.1 Å². The van der Waals surface area contributed by atoms with Crippen molar-refractivity contribution in [1.29, 1.82) is 0 Å². The monoisotopic (exact) mass is 380 g/mol. The average Bonchev–Trinajstić information content (AvgIpc) is 2.85. The van der Waals surface area contributed by atoms with Gasteiger partial charge in [-0.05, 0) is 67.6 Å². The van der Waals surface area contributed by atoms with E-state index in [9.17, 15) is 24.6 Å². The number of fused-ring (bicyclic) bond motifs is 3. The van der Waals surface area contributed by atoms with Gasteiger partial charge in [-0.15, -0.1) is 0 Å². The molecule has 6 nitrogen and oxygen atoms in total. The summed E-state index contributed by atoms with van der Waals surface area (Å²) in [6, 6.07) is 0. The molecule has 0 bridgehead atoms. The Bertz CT molecular complexity index is 630. The maximum atomic E-state index is 11.6. The fraction of sp³-hybridized carbons (Fsp3) is 0.857. The Hall–Kier alpha value is -1.59. The lowest BCUT2D eigenvalue weighted by Crippen LogP contribution is -2.53. The van der Waals surface area contributed by atoms with Crippen molar-refractivity contribution < 1.29 is 29.3 Å². The maximum absolute atomic E-state index is 11.6. The van der Waals surface area contributed by atoms with Gasteiger partial charge in [0.25, 0.3) is 0 Å². The van der Waals surface area contributed by atoms with Gasteiger partial charge < -0.3 is 14.9 Å². The number of carbonyl (C=O) groups is 3. The molecule has 3 rings (SSSR count). The van der Waals surface area contributed by atoms with E-state index in [0.29, 0.717) is 11.8 Å². The molecule has 0 unspecified atom stereocenters. The smallest absolute Gasteiger partial charge is 0.303 e. The molecule has 27 heavy (non-hydrogen) atoms. The van der Waals surface area contributed by atoms with E-state index in [0.717, 1.165) is 38.5 Å². The molecule has 3 saturated carbocycles. The lowest BCUT2D eigenvalue weighted by atomic mass is 9.46. The first-order valence-corrected chi connectivity index (χ1v) is 10.2. The van der Waals surface area contributed by atoms with E-state index in [1.165, 1.54) is 6.92 Å². The van der Waals surface area contributed by atoms with Crippen molar-refractivity contribution in [2.75, 3.05) is 0 Å². The molecule has 0 aliphatic heterocycles. The molecule has 3 aliphatic rings. The maximum Gasteiger partial charge on any atom is 0.303 e. The number of aliphatic carboxylic acids is 2. The van der Waals surface area contributed by atoms with Crippen LogP contribution in [0.2, 0.25) is 0 Å². The van der Waals surface area contributed by atoms with Gasteiger partial charge in [-0.2, -0.15) is 0 Å². The summed E-state index contributed by atoms with van der Waals surface area (Å²) in [6.45, 7) is 5.70. The normalized spacial score (nSPS) is 43.4. The Balaban J connectivity index is 1.88. The van der Waals surface area contributed by atoms with Gasteiger partial charge >= 0.3 is 17.9 Å². The molecule has 0 amide bonds. The molecule has 3 fully saturated rings. The number of rotatable bonds is 5. The van der Waals surface area contributed by atoms with Crippen LogP contribution in [-0.4, -0.2) is 34.2 Å². The highest BCUT2D eigenvalue weighted by molar-refractivity contribution is 5.69. The van der Waals surface area contributed by atoms with Crippen LogP contribution in [0, 0.1) is 34.5 Å². The quantitative estimate of drug-likeness (QED) is 0.705. The second-order valence-corrected chi connectivity index (χ2v) is 9.55. The third kappa shape index (κ3) is 3.47. The summed E-state index contributed by atoms with van der Waals surface area (Å²) in [6.07, 6.45) is 5.41. The topological polar surface area (TPSA) is 101 Å². The zero-order chi connectivity index (χ0) is 20.0. The molecule has 6 heteroatoms. The van der Waals surface area contributed by atoms with Crippen LogP contribution in [0.25, 0.3) is 0 Å². The molecule has 0 aromatic rings. The molecule has 0 radical (unpaired) electrons. The highest BCUT2D eigenvalue weighted by Gasteiger charge is 2.60. The average molecular weight is 380 g/mol. The Labute approximate surface area is 160 Å². The Morgan fingerprint density at radius 3 is 2.26 bits per heavy atom. The summed E-state index contributed by atoms with van der Waals surface area (Å²) >= 11 is 0. The number of hydrogen-bond donors (Lipinski definition) is 2. The lowest BCUT2D eigenvalue weighted by Gasteiger charge is -2.58. The van der Waals surface area contributed by atoms with Gasteiger partial charge in [0, 0.05) is 18.8 Å². The molecule has 3 aliphatic carbocycles. The second kappa shape index (κ2) is 7.10. The zero-order valence-corrected chi connectivity index (χ0v) is 16.6. The van der Waals surface area contributed by atoms with Crippen molar-refractivity contribution in [3.8, 4) is 0 Å². The van der Waals surface area contributed by atoms with E-state index in [2.05, 4.69) is 6.92 Å². The highest BCUT2D eigenvalue weighted by Crippen LogP contribution is 2.65. The van der Waals surface area contributed by atoms with Gasteiger partial charge in [0.1, 0.15) is 6.10 Å². The van der Waals surface area contributed by atoms with E-state index >= 15 is 0 Å². The van der Waals surface area contributed by atoms with Crippen molar-refractivity contribution in [2.24, 2.45) is 34.5 Å². The second-order valence-electron chi connectivity index (χ2n) is 9.55. The van der Waals surface area contributed by atoms with Crippen LogP contribution < -0.4 is 0 Å². The van der Waals surface area contributed by atoms with Crippen molar-refractivity contribution in [2.45, 2.75) is 78.2 Å². The molecule has 2 N–H and O–H groups in total. The lowest BCUT2D eigenvalue weighted by molar-refractivity contribution is -0.165. The minimum absolute atomic E-state index is 0.0307. The predicted molar refractivity (Wildman–Crippen MR) is 97.9 cm³/mol. The Morgan fingerprint density at radius 2 is 1.67 bits per heavy atom. The van der Waals surface area contributed by atoms with Crippen LogP contribution in [0.5, 0.6) is 0 Å². The Kier molecular flexibility index (Phi) is 5.30. The standard InChI is InChI=1S/C21H32O6/c1-12(22)27-17-7-6-15-14-5-4-13(10-18(23)24)21(3,11-19(25)26)16(14)8-9-20(15,17)2/h13-17H,4-11H2,1-3H3,(H,23,24)(H,25,26)/t13-,14+,15-,16-,17-,20+,21+/m1/s1. The summed E-state index contributed by atoms with van der Waals surface area (Å²) < 4.78 is 5.64. The molecule has 0 aromatic carbocycles. The number of carbonyl (C=O) groups excluding carboxylic acids is 1. The number of ether oxygens (including phenoxy) is 1. The Morgan fingerprint density at radius 1 is 0.963 bits per heavy atom. The van der Waals surface area contributed by atoms with E-state index < -0.39 is 17.4 Å². The van der Waals surface area contributed by atoms with Crippen molar-refractivity contribution in [3.05, 3.63) is 0 Å². The minimum Gasteiger partial charge on any atom is -0.481 e. The first-order chi connectivity index (χ1) is 12.6. The van der Waals surface area contributed by atoms with E-state index in [-0.39, 0.29) is 42.2 Å². The van der Waals surface area contributed by atoms with Gasteiger partial charge in [-0.3, -0.25) is 14.4 Å². The number of esters is 1. The summed E-state index contributed by atoms with van der Waals surface area (Å²) in [4.78, 5) is 34.5. The van der Waals surface area contributed by atoms with Crippen LogP contribution in [0.4, 0.5) is 0 Å². The van der Waals surface area contributed by atoms with Crippen LogP contribution in [0.3, 0.4) is 0 Å².